The monoisotopic (exact) mass is 453 g/mol. The van der Waals surface area contributed by atoms with E-state index in [1.54, 1.807) is 43.8 Å². The van der Waals surface area contributed by atoms with Gasteiger partial charge in [0.1, 0.15) is 16.5 Å². The Bertz CT molecular complexity index is 1050. The number of methoxy groups -OCH3 is 2. The Balaban J connectivity index is 1.36. The van der Waals surface area contributed by atoms with Crippen LogP contribution in [-0.4, -0.2) is 56.3 Å². The number of aromatic nitrogens is 1. The van der Waals surface area contributed by atoms with Crippen molar-refractivity contribution in [2.75, 3.05) is 45.8 Å². The molecule has 32 heavy (non-hydrogen) atoms. The van der Waals surface area contributed by atoms with Gasteiger partial charge in [-0.25, -0.2) is 4.98 Å². The molecule has 1 amide bonds. The summed E-state index contributed by atoms with van der Waals surface area (Å²) in [4.78, 5) is 19.6. The van der Waals surface area contributed by atoms with Crippen LogP contribution in [0.1, 0.15) is 11.3 Å². The third-order valence-electron chi connectivity index (χ3n) is 5.29. The van der Waals surface area contributed by atoms with Crippen LogP contribution in [0, 0.1) is 0 Å². The summed E-state index contributed by atoms with van der Waals surface area (Å²) in [5.41, 5.74) is 3.68. The van der Waals surface area contributed by atoms with Gasteiger partial charge in [0.15, 0.2) is 0 Å². The van der Waals surface area contributed by atoms with Gasteiger partial charge in [-0.05, 0) is 17.7 Å². The lowest BCUT2D eigenvalue weighted by molar-refractivity contribution is -0.115. The summed E-state index contributed by atoms with van der Waals surface area (Å²) >= 11 is 1.55. The maximum atomic E-state index is 12.5. The molecule has 1 N–H and O–H groups in total. The number of hydrogen-bond acceptors (Lipinski definition) is 7. The standard InChI is InChI=1S/C24H27N3O4S/c1-29-20-7-8-21(22(14-20)30-2)26-23(28)13-19-16-32-24(25-19)18-5-3-17(4-6-18)15-27-9-11-31-12-10-27/h3-8,14,16H,9-13,15H2,1-2H3,(H,26,28). The molecule has 4 rings (SSSR count). The van der Waals surface area contributed by atoms with Crippen molar-refractivity contribution in [2.24, 2.45) is 0 Å². The second kappa shape index (κ2) is 10.6. The van der Waals surface area contributed by atoms with Gasteiger partial charge in [0, 0.05) is 36.6 Å². The Morgan fingerprint density at radius 1 is 1.12 bits per heavy atom. The molecule has 1 saturated heterocycles. The Morgan fingerprint density at radius 3 is 2.62 bits per heavy atom. The van der Waals surface area contributed by atoms with Crippen molar-refractivity contribution in [1.29, 1.82) is 0 Å². The molecule has 0 atom stereocenters. The molecule has 1 aliphatic heterocycles. The lowest BCUT2D eigenvalue weighted by Gasteiger charge is -2.26. The van der Waals surface area contributed by atoms with Crippen molar-refractivity contribution in [3.8, 4) is 22.1 Å². The van der Waals surface area contributed by atoms with Gasteiger partial charge in [-0.3, -0.25) is 9.69 Å². The van der Waals surface area contributed by atoms with E-state index in [9.17, 15) is 4.79 Å². The SMILES string of the molecule is COc1ccc(NC(=O)Cc2csc(-c3ccc(CN4CCOCC4)cc3)n2)c(OC)c1. The number of rotatable bonds is 8. The van der Waals surface area contributed by atoms with Crippen LogP contribution in [0.15, 0.2) is 47.8 Å². The highest BCUT2D eigenvalue weighted by atomic mass is 32.1. The highest BCUT2D eigenvalue weighted by Crippen LogP contribution is 2.29. The highest BCUT2D eigenvalue weighted by Gasteiger charge is 2.13. The van der Waals surface area contributed by atoms with Gasteiger partial charge in [-0.2, -0.15) is 0 Å². The summed E-state index contributed by atoms with van der Waals surface area (Å²) in [6.07, 6.45) is 0.195. The largest absolute Gasteiger partial charge is 0.497 e. The number of thiazole rings is 1. The average molecular weight is 454 g/mol. The van der Waals surface area contributed by atoms with E-state index in [0.29, 0.717) is 17.2 Å². The summed E-state index contributed by atoms with van der Waals surface area (Å²) in [7, 11) is 3.15. The minimum Gasteiger partial charge on any atom is -0.497 e. The van der Waals surface area contributed by atoms with Crippen LogP contribution in [0.4, 0.5) is 5.69 Å². The van der Waals surface area contributed by atoms with Crippen LogP contribution in [0.5, 0.6) is 11.5 Å². The van der Waals surface area contributed by atoms with Crippen LogP contribution in [0.3, 0.4) is 0 Å². The van der Waals surface area contributed by atoms with Crippen LogP contribution in [0.25, 0.3) is 10.6 Å². The topological polar surface area (TPSA) is 72.9 Å². The Hall–Kier alpha value is -2.94. The molecule has 3 aromatic rings. The fourth-order valence-electron chi connectivity index (χ4n) is 3.55. The van der Waals surface area contributed by atoms with Crippen LogP contribution in [-0.2, 0) is 22.5 Å². The zero-order valence-corrected chi connectivity index (χ0v) is 19.1. The predicted molar refractivity (Wildman–Crippen MR) is 126 cm³/mol. The first kappa shape index (κ1) is 22.3. The van der Waals surface area contributed by atoms with Gasteiger partial charge in [0.25, 0.3) is 0 Å². The minimum absolute atomic E-state index is 0.147. The predicted octanol–water partition coefficient (Wildman–Crippen LogP) is 3.84. The van der Waals surface area contributed by atoms with Gasteiger partial charge in [-0.1, -0.05) is 24.3 Å². The zero-order valence-electron chi connectivity index (χ0n) is 18.3. The zero-order chi connectivity index (χ0) is 22.3. The van der Waals surface area contributed by atoms with Crippen LogP contribution < -0.4 is 14.8 Å². The van der Waals surface area contributed by atoms with Crippen molar-refractivity contribution >= 4 is 22.9 Å². The van der Waals surface area contributed by atoms with Gasteiger partial charge in [0.2, 0.25) is 5.91 Å². The summed E-state index contributed by atoms with van der Waals surface area (Å²) < 4.78 is 15.9. The van der Waals surface area contributed by atoms with Crippen molar-refractivity contribution in [1.82, 2.24) is 9.88 Å². The smallest absolute Gasteiger partial charge is 0.230 e. The summed E-state index contributed by atoms with van der Waals surface area (Å²) in [6.45, 7) is 4.49. The van der Waals surface area contributed by atoms with Crippen LogP contribution >= 0.6 is 11.3 Å². The molecule has 1 aliphatic rings. The third kappa shape index (κ3) is 5.64. The van der Waals surface area contributed by atoms with E-state index < -0.39 is 0 Å². The number of nitrogens with one attached hydrogen (secondary N) is 1. The van der Waals surface area contributed by atoms with E-state index in [4.69, 9.17) is 14.2 Å². The fraction of sp³-hybridized carbons (Fsp3) is 0.333. The molecule has 0 bridgehead atoms. The fourth-order valence-corrected chi connectivity index (χ4v) is 4.38. The van der Waals surface area contributed by atoms with E-state index in [2.05, 4.69) is 39.5 Å². The maximum absolute atomic E-state index is 12.5. The number of carbonyl (C=O) groups is 1. The molecule has 0 spiro atoms. The van der Waals surface area contributed by atoms with Crippen molar-refractivity contribution < 1.29 is 19.0 Å². The molecule has 1 fully saturated rings. The van der Waals surface area contributed by atoms with Crippen molar-refractivity contribution in [3.05, 3.63) is 59.1 Å². The quantitative estimate of drug-likeness (QED) is 0.559. The molecule has 0 saturated carbocycles. The van der Waals surface area contributed by atoms with Crippen molar-refractivity contribution in [2.45, 2.75) is 13.0 Å². The highest BCUT2D eigenvalue weighted by molar-refractivity contribution is 7.13. The second-order valence-corrected chi connectivity index (χ2v) is 8.38. The van der Waals surface area contributed by atoms with Gasteiger partial charge >= 0.3 is 0 Å². The second-order valence-electron chi connectivity index (χ2n) is 7.52. The number of ether oxygens (including phenoxy) is 3. The van der Waals surface area contributed by atoms with E-state index in [0.717, 1.165) is 49.1 Å². The summed E-state index contributed by atoms with van der Waals surface area (Å²) in [5.74, 6) is 1.07. The maximum Gasteiger partial charge on any atom is 0.230 e. The number of morpholine rings is 1. The Kier molecular flexibility index (Phi) is 7.36. The summed E-state index contributed by atoms with van der Waals surface area (Å²) in [5, 5.41) is 5.73. The molecular weight excluding hydrogens is 426 g/mol. The minimum atomic E-state index is -0.147. The first-order chi connectivity index (χ1) is 15.6. The molecule has 1 aromatic heterocycles. The number of nitrogens with zero attached hydrogens (tertiary/aromatic N) is 2. The third-order valence-corrected chi connectivity index (χ3v) is 6.23. The van der Waals surface area contributed by atoms with E-state index in [-0.39, 0.29) is 12.3 Å². The molecular formula is C24H27N3O4S. The molecule has 2 heterocycles. The molecule has 0 radical (unpaired) electrons. The van der Waals surface area contributed by atoms with Gasteiger partial charge in [0.05, 0.1) is 45.2 Å². The molecule has 8 heteroatoms. The average Bonchev–Trinajstić information content (AvgIpc) is 3.28. The molecule has 7 nitrogen and oxygen atoms in total. The Labute approximate surface area is 191 Å². The molecule has 0 unspecified atom stereocenters. The molecule has 0 aliphatic carbocycles. The van der Waals surface area contributed by atoms with Gasteiger partial charge in [-0.15, -0.1) is 11.3 Å². The molecule has 168 valence electrons. The van der Waals surface area contributed by atoms with E-state index in [1.165, 1.54) is 5.56 Å². The number of benzene rings is 2. The number of amides is 1. The normalized spacial score (nSPS) is 14.2. The number of hydrogen-bond donors (Lipinski definition) is 1. The van der Waals surface area contributed by atoms with Crippen molar-refractivity contribution in [3.63, 3.8) is 0 Å². The summed E-state index contributed by atoms with van der Waals surface area (Å²) in [6, 6.07) is 13.8. The first-order valence-corrected chi connectivity index (χ1v) is 11.4. The lowest BCUT2D eigenvalue weighted by Crippen LogP contribution is -2.35. The van der Waals surface area contributed by atoms with Crippen LogP contribution in [0.2, 0.25) is 0 Å². The van der Waals surface area contributed by atoms with Gasteiger partial charge < -0.3 is 19.5 Å². The van der Waals surface area contributed by atoms with E-state index >= 15 is 0 Å². The lowest BCUT2D eigenvalue weighted by atomic mass is 10.1. The first-order valence-electron chi connectivity index (χ1n) is 10.5. The molecule has 2 aromatic carbocycles. The Morgan fingerprint density at radius 2 is 1.91 bits per heavy atom. The number of anilines is 1. The number of carbonyl (C=O) groups excluding carboxylic acids is 1. The van der Waals surface area contributed by atoms with E-state index in [1.807, 2.05) is 5.38 Å².